The normalized spacial score (nSPS) is 21.6. The summed E-state index contributed by atoms with van der Waals surface area (Å²) in [6.45, 7) is 4.34. The van der Waals surface area contributed by atoms with Crippen LogP contribution in [0.5, 0.6) is 0 Å². The second kappa shape index (κ2) is 5.15. The van der Waals surface area contributed by atoms with Crippen LogP contribution in [0.25, 0.3) is 0 Å². The van der Waals surface area contributed by atoms with E-state index in [0.29, 0.717) is 13.0 Å². The quantitative estimate of drug-likeness (QED) is 0.802. The standard InChI is InChI=1S/C14H17NO2/c1-2-11-8-14(17)15(9-11)13(10-16)12-6-4-3-5-7-12/h2-7,11,13,16H,1,8-10H2/t11?,13-/m0/s1. The Labute approximate surface area is 101 Å². The zero-order valence-corrected chi connectivity index (χ0v) is 9.75. The fourth-order valence-electron chi connectivity index (χ4n) is 2.28. The lowest BCUT2D eigenvalue weighted by Gasteiger charge is -2.26. The van der Waals surface area contributed by atoms with E-state index in [1.165, 1.54) is 0 Å². The summed E-state index contributed by atoms with van der Waals surface area (Å²) >= 11 is 0. The van der Waals surface area contributed by atoms with Crippen LogP contribution in [0.3, 0.4) is 0 Å². The van der Waals surface area contributed by atoms with Gasteiger partial charge in [-0.3, -0.25) is 4.79 Å². The van der Waals surface area contributed by atoms with E-state index in [0.717, 1.165) is 5.56 Å². The summed E-state index contributed by atoms with van der Waals surface area (Å²) < 4.78 is 0. The van der Waals surface area contributed by atoms with Crippen molar-refractivity contribution in [1.29, 1.82) is 0 Å². The zero-order chi connectivity index (χ0) is 12.3. The Morgan fingerprint density at radius 1 is 1.47 bits per heavy atom. The van der Waals surface area contributed by atoms with Crippen molar-refractivity contribution in [2.75, 3.05) is 13.2 Å². The number of aliphatic hydroxyl groups excluding tert-OH is 1. The first-order chi connectivity index (χ1) is 8.26. The molecule has 1 aromatic carbocycles. The minimum Gasteiger partial charge on any atom is -0.394 e. The van der Waals surface area contributed by atoms with Gasteiger partial charge in [-0.05, 0) is 5.56 Å². The molecule has 2 atom stereocenters. The molecule has 1 aliphatic heterocycles. The maximum atomic E-state index is 11.9. The highest BCUT2D eigenvalue weighted by Crippen LogP contribution is 2.28. The lowest BCUT2D eigenvalue weighted by molar-refractivity contribution is -0.130. The molecule has 0 aliphatic carbocycles. The molecule has 1 N–H and O–H groups in total. The van der Waals surface area contributed by atoms with Crippen molar-refractivity contribution >= 4 is 5.91 Å². The van der Waals surface area contributed by atoms with Gasteiger partial charge in [0.1, 0.15) is 0 Å². The highest BCUT2D eigenvalue weighted by atomic mass is 16.3. The van der Waals surface area contributed by atoms with Gasteiger partial charge < -0.3 is 10.0 Å². The van der Waals surface area contributed by atoms with Crippen LogP contribution >= 0.6 is 0 Å². The van der Waals surface area contributed by atoms with Gasteiger partial charge in [0, 0.05) is 18.9 Å². The molecule has 17 heavy (non-hydrogen) atoms. The van der Waals surface area contributed by atoms with Crippen LogP contribution in [-0.2, 0) is 4.79 Å². The number of amides is 1. The van der Waals surface area contributed by atoms with Crippen molar-refractivity contribution < 1.29 is 9.90 Å². The molecule has 0 aromatic heterocycles. The molecular weight excluding hydrogens is 214 g/mol. The molecule has 0 radical (unpaired) electrons. The first kappa shape index (κ1) is 11.9. The Kier molecular flexibility index (Phi) is 3.59. The molecule has 3 nitrogen and oxygen atoms in total. The van der Waals surface area contributed by atoms with Gasteiger partial charge in [-0.25, -0.2) is 0 Å². The Morgan fingerprint density at radius 2 is 2.18 bits per heavy atom. The molecule has 0 saturated carbocycles. The summed E-state index contributed by atoms with van der Waals surface area (Å²) in [5.74, 6) is 0.304. The van der Waals surface area contributed by atoms with E-state index < -0.39 is 0 Å². The van der Waals surface area contributed by atoms with Gasteiger partial charge in [0.05, 0.1) is 12.6 Å². The first-order valence-electron chi connectivity index (χ1n) is 5.84. The molecule has 0 bridgehead atoms. The van der Waals surface area contributed by atoms with Crippen molar-refractivity contribution in [3.8, 4) is 0 Å². The third kappa shape index (κ3) is 2.39. The summed E-state index contributed by atoms with van der Waals surface area (Å²) in [5.41, 5.74) is 0.980. The Morgan fingerprint density at radius 3 is 2.71 bits per heavy atom. The highest BCUT2D eigenvalue weighted by Gasteiger charge is 2.33. The van der Waals surface area contributed by atoms with Gasteiger partial charge >= 0.3 is 0 Å². The van der Waals surface area contributed by atoms with Crippen LogP contribution in [-0.4, -0.2) is 29.1 Å². The van der Waals surface area contributed by atoms with Crippen molar-refractivity contribution in [2.45, 2.75) is 12.5 Å². The Hall–Kier alpha value is -1.61. The lowest BCUT2D eigenvalue weighted by atomic mass is 10.1. The zero-order valence-electron chi connectivity index (χ0n) is 9.75. The molecule has 1 unspecified atom stereocenters. The average molecular weight is 231 g/mol. The fourth-order valence-corrected chi connectivity index (χ4v) is 2.28. The van der Waals surface area contributed by atoms with E-state index in [-0.39, 0.29) is 24.5 Å². The fraction of sp³-hybridized carbons (Fsp3) is 0.357. The van der Waals surface area contributed by atoms with Crippen molar-refractivity contribution in [3.05, 3.63) is 48.6 Å². The van der Waals surface area contributed by atoms with Crippen LogP contribution in [0.15, 0.2) is 43.0 Å². The molecule has 3 heteroatoms. The molecule has 0 spiro atoms. The minimum atomic E-state index is -0.228. The van der Waals surface area contributed by atoms with Crippen LogP contribution in [0.1, 0.15) is 18.0 Å². The first-order valence-corrected chi connectivity index (χ1v) is 5.84. The van der Waals surface area contributed by atoms with Gasteiger partial charge in [-0.15, -0.1) is 6.58 Å². The summed E-state index contributed by atoms with van der Waals surface area (Å²) in [4.78, 5) is 13.6. The second-order valence-electron chi connectivity index (χ2n) is 4.36. The van der Waals surface area contributed by atoms with Crippen LogP contribution in [0, 0.1) is 5.92 Å². The van der Waals surface area contributed by atoms with Gasteiger partial charge in [-0.2, -0.15) is 0 Å². The molecule has 1 aliphatic rings. The van der Waals surface area contributed by atoms with Crippen LogP contribution in [0.4, 0.5) is 0 Å². The topological polar surface area (TPSA) is 40.5 Å². The molecular formula is C14H17NO2. The Balaban J connectivity index is 2.20. The van der Waals surface area contributed by atoms with E-state index in [2.05, 4.69) is 6.58 Å². The largest absolute Gasteiger partial charge is 0.394 e. The van der Waals surface area contributed by atoms with Crippen molar-refractivity contribution in [1.82, 2.24) is 4.90 Å². The highest BCUT2D eigenvalue weighted by molar-refractivity contribution is 5.79. The molecule has 1 saturated heterocycles. The monoisotopic (exact) mass is 231 g/mol. The number of likely N-dealkylation sites (tertiary alicyclic amines) is 1. The summed E-state index contributed by atoms with van der Waals surface area (Å²) in [5, 5.41) is 9.50. The number of carbonyl (C=O) groups excluding carboxylic acids is 1. The predicted octanol–water partition coefficient (Wildman–Crippen LogP) is 1.75. The van der Waals surface area contributed by atoms with Crippen molar-refractivity contribution in [2.24, 2.45) is 5.92 Å². The van der Waals surface area contributed by atoms with Crippen molar-refractivity contribution in [3.63, 3.8) is 0 Å². The molecule has 2 rings (SSSR count). The molecule has 1 amide bonds. The number of hydrogen-bond acceptors (Lipinski definition) is 2. The maximum Gasteiger partial charge on any atom is 0.223 e. The van der Waals surface area contributed by atoms with E-state index in [9.17, 15) is 9.90 Å². The van der Waals surface area contributed by atoms with Gasteiger partial charge in [0.15, 0.2) is 0 Å². The SMILES string of the molecule is C=CC1CC(=O)N([C@@H](CO)c2ccccc2)C1. The Bertz CT molecular complexity index is 402. The number of carbonyl (C=O) groups is 1. The molecule has 1 heterocycles. The predicted molar refractivity (Wildman–Crippen MR) is 66.3 cm³/mol. The minimum absolute atomic E-state index is 0.0420. The molecule has 1 aromatic rings. The summed E-state index contributed by atoms with van der Waals surface area (Å²) in [6, 6.07) is 9.42. The van der Waals surface area contributed by atoms with Gasteiger partial charge in [0.25, 0.3) is 0 Å². The number of aliphatic hydroxyl groups is 1. The van der Waals surface area contributed by atoms with E-state index >= 15 is 0 Å². The molecule has 1 fully saturated rings. The van der Waals surface area contributed by atoms with E-state index in [1.807, 2.05) is 36.4 Å². The molecule has 90 valence electrons. The van der Waals surface area contributed by atoms with Gasteiger partial charge in [0.2, 0.25) is 5.91 Å². The number of rotatable bonds is 4. The lowest BCUT2D eigenvalue weighted by Crippen LogP contribution is -2.32. The number of nitrogens with zero attached hydrogens (tertiary/aromatic N) is 1. The smallest absolute Gasteiger partial charge is 0.223 e. The van der Waals surface area contributed by atoms with E-state index in [1.54, 1.807) is 4.90 Å². The second-order valence-corrected chi connectivity index (χ2v) is 4.36. The number of benzene rings is 1. The van der Waals surface area contributed by atoms with Crippen LogP contribution < -0.4 is 0 Å². The van der Waals surface area contributed by atoms with Gasteiger partial charge in [-0.1, -0.05) is 36.4 Å². The van der Waals surface area contributed by atoms with E-state index in [4.69, 9.17) is 0 Å². The van der Waals surface area contributed by atoms with Crippen LogP contribution in [0.2, 0.25) is 0 Å². The third-order valence-corrected chi connectivity index (χ3v) is 3.26. The number of hydrogen-bond donors (Lipinski definition) is 1. The summed E-state index contributed by atoms with van der Waals surface area (Å²) in [6.07, 6.45) is 2.32. The summed E-state index contributed by atoms with van der Waals surface area (Å²) in [7, 11) is 0. The maximum absolute atomic E-state index is 11.9. The average Bonchev–Trinajstić information content (AvgIpc) is 2.73. The third-order valence-electron chi connectivity index (χ3n) is 3.26.